The summed E-state index contributed by atoms with van der Waals surface area (Å²) in [5.74, 6) is -0.180. The van der Waals surface area contributed by atoms with Gasteiger partial charge in [0, 0.05) is 38.1 Å². The molecule has 0 aromatic heterocycles. The van der Waals surface area contributed by atoms with Crippen LogP contribution in [-0.2, 0) is 9.84 Å². The molecule has 1 fully saturated rings. The number of sulfone groups is 1. The molecule has 0 aliphatic carbocycles. The van der Waals surface area contributed by atoms with Crippen molar-refractivity contribution in [3.63, 3.8) is 0 Å². The van der Waals surface area contributed by atoms with Crippen LogP contribution in [0.15, 0.2) is 23.1 Å². The van der Waals surface area contributed by atoms with Crippen molar-refractivity contribution >= 4 is 15.5 Å². The molecule has 1 heterocycles. The van der Waals surface area contributed by atoms with Gasteiger partial charge in [-0.1, -0.05) is 6.92 Å². The number of hydrogen-bond acceptors (Lipinski definition) is 5. The number of nitrogens with zero attached hydrogens (tertiary/aromatic N) is 2. The van der Waals surface area contributed by atoms with E-state index in [0.717, 1.165) is 51.1 Å². The van der Waals surface area contributed by atoms with Crippen molar-refractivity contribution in [2.75, 3.05) is 43.9 Å². The Morgan fingerprint density at radius 1 is 1.20 bits per heavy atom. The summed E-state index contributed by atoms with van der Waals surface area (Å²) in [6.45, 7) is 7.02. The van der Waals surface area contributed by atoms with E-state index in [4.69, 9.17) is 0 Å². The van der Waals surface area contributed by atoms with E-state index in [9.17, 15) is 13.5 Å². The van der Waals surface area contributed by atoms with Crippen LogP contribution >= 0.6 is 0 Å². The number of phenols is 1. The number of phenolic OH excluding ortho intramolecular Hbond substituents is 1. The molecule has 0 amide bonds. The zero-order valence-corrected chi connectivity index (χ0v) is 12.9. The summed E-state index contributed by atoms with van der Waals surface area (Å²) in [7, 11) is -3.40. The summed E-state index contributed by atoms with van der Waals surface area (Å²) in [5, 5.41) is 9.68. The lowest BCUT2D eigenvalue weighted by Crippen LogP contribution is -2.46. The van der Waals surface area contributed by atoms with E-state index in [1.807, 2.05) is 0 Å². The lowest BCUT2D eigenvalue weighted by Gasteiger charge is -2.36. The minimum Gasteiger partial charge on any atom is -0.507 e. The molecule has 0 radical (unpaired) electrons. The largest absolute Gasteiger partial charge is 0.507 e. The highest BCUT2D eigenvalue weighted by atomic mass is 32.2. The minimum absolute atomic E-state index is 0.00554. The highest BCUT2D eigenvalue weighted by Gasteiger charge is 2.19. The van der Waals surface area contributed by atoms with Crippen LogP contribution in [0.2, 0.25) is 0 Å². The molecule has 2 rings (SSSR count). The van der Waals surface area contributed by atoms with Gasteiger partial charge in [0.05, 0.1) is 0 Å². The molecule has 0 bridgehead atoms. The zero-order valence-electron chi connectivity index (χ0n) is 12.0. The van der Waals surface area contributed by atoms with Crippen LogP contribution in [0, 0.1) is 0 Å². The molecular formula is C14H22N2O3S. The van der Waals surface area contributed by atoms with Crippen LogP contribution in [0.3, 0.4) is 0 Å². The first kappa shape index (κ1) is 15.1. The maximum atomic E-state index is 11.6. The molecule has 1 N–H and O–H groups in total. The molecule has 0 atom stereocenters. The highest BCUT2D eigenvalue weighted by Crippen LogP contribution is 2.28. The second kappa shape index (κ2) is 6.01. The molecule has 1 aliphatic rings. The predicted octanol–water partition coefficient (Wildman–Crippen LogP) is 1.33. The lowest BCUT2D eigenvalue weighted by molar-refractivity contribution is 0.258. The maximum absolute atomic E-state index is 11.6. The first-order valence-electron chi connectivity index (χ1n) is 6.92. The van der Waals surface area contributed by atoms with Gasteiger partial charge in [0.25, 0.3) is 0 Å². The van der Waals surface area contributed by atoms with E-state index >= 15 is 0 Å². The van der Waals surface area contributed by atoms with Crippen molar-refractivity contribution in [2.45, 2.75) is 18.2 Å². The third-order valence-electron chi connectivity index (χ3n) is 3.62. The fraction of sp³-hybridized carbons (Fsp3) is 0.571. The topological polar surface area (TPSA) is 60.9 Å². The first-order valence-corrected chi connectivity index (χ1v) is 8.81. The van der Waals surface area contributed by atoms with Gasteiger partial charge < -0.3 is 10.0 Å². The molecule has 1 aliphatic heterocycles. The Balaban J connectivity index is 2.15. The van der Waals surface area contributed by atoms with Crippen LogP contribution in [0.25, 0.3) is 0 Å². The Morgan fingerprint density at radius 3 is 2.40 bits per heavy atom. The van der Waals surface area contributed by atoms with E-state index in [-0.39, 0.29) is 10.6 Å². The van der Waals surface area contributed by atoms with Gasteiger partial charge in [-0.2, -0.15) is 0 Å². The number of hydrogen-bond donors (Lipinski definition) is 1. The van der Waals surface area contributed by atoms with Crippen LogP contribution < -0.4 is 4.90 Å². The van der Waals surface area contributed by atoms with Crippen LogP contribution in [0.5, 0.6) is 5.75 Å². The summed E-state index contributed by atoms with van der Waals surface area (Å²) in [6, 6.07) is 4.81. The van der Waals surface area contributed by atoms with Crippen LogP contribution in [0.1, 0.15) is 13.3 Å². The minimum atomic E-state index is -3.40. The Morgan fingerprint density at radius 2 is 1.85 bits per heavy atom. The number of aromatic hydroxyl groups is 1. The number of rotatable bonds is 4. The summed E-state index contributed by atoms with van der Waals surface area (Å²) in [5.41, 5.74) is 0.861. The van der Waals surface area contributed by atoms with Crippen molar-refractivity contribution < 1.29 is 13.5 Å². The van der Waals surface area contributed by atoms with E-state index in [2.05, 4.69) is 16.7 Å². The molecular weight excluding hydrogens is 276 g/mol. The average Bonchev–Trinajstić information content (AvgIpc) is 2.39. The van der Waals surface area contributed by atoms with Gasteiger partial charge >= 0.3 is 0 Å². The summed E-state index contributed by atoms with van der Waals surface area (Å²) >= 11 is 0. The van der Waals surface area contributed by atoms with Gasteiger partial charge in [-0.15, -0.1) is 0 Å². The molecule has 112 valence electrons. The van der Waals surface area contributed by atoms with Crippen molar-refractivity contribution in [1.29, 1.82) is 0 Å². The van der Waals surface area contributed by atoms with Gasteiger partial charge in [-0.25, -0.2) is 8.42 Å². The van der Waals surface area contributed by atoms with Crippen LogP contribution in [-0.4, -0.2) is 57.4 Å². The quantitative estimate of drug-likeness (QED) is 0.908. The number of benzene rings is 1. The number of anilines is 1. The van der Waals surface area contributed by atoms with Gasteiger partial charge in [-0.3, -0.25) is 4.90 Å². The molecule has 1 aromatic carbocycles. The summed E-state index contributed by atoms with van der Waals surface area (Å²) in [4.78, 5) is 4.58. The molecule has 1 aromatic rings. The molecule has 20 heavy (non-hydrogen) atoms. The van der Waals surface area contributed by atoms with Crippen LogP contribution in [0.4, 0.5) is 5.69 Å². The molecule has 0 saturated carbocycles. The third-order valence-corrected chi connectivity index (χ3v) is 4.75. The smallest absolute Gasteiger partial charge is 0.179 e. The van der Waals surface area contributed by atoms with Crippen molar-refractivity contribution in [3.05, 3.63) is 18.2 Å². The van der Waals surface area contributed by atoms with E-state index < -0.39 is 9.84 Å². The van der Waals surface area contributed by atoms with Gasteiger partial charge in [-0.05, 0) is 31.2 Å². The van der Waals surface area contributed by atoms with Gasteiger partial charge in [0.2, 0.25) is 0 Å². The van der Waals surface area contributed by atoms with E-state index in [1.165, 1.54) is 6.07 Å². The standard InChI is InChI=1S/C14H22N2O3S/c1-3-6-15-7-9-16(10-8-15)12-4-5-13(17)14(11-12)20(2,18)19/h4-5,11,17H,3,6-10H2,1-2H3. The normalized spacial score (nSPS) is 17.4. The highest BCUT2D eigenvalue weighted by molar-refractivity contribution is 7.90. The molecule has 0 spiro atoms. The first-order chi connectivity index (χ1) is 9.41. The Labute approximate surface area is 120 Å². The molecule has 1 saturated heterocycles. The fourth-order valence-electron chi connectivity index (χ4n) is 2.54. The SMILES string of the molecule is CCCN1CCN(c2ccc(O)c(S(C)(=O)=O)c2)CC1. The second-order valence-corrected chi connectivity index (χ2v) is 7.24. The maximum Gasteiger partial charge on any atom is 0.179 e. The Kier molecular flexibility index (Phi) is 4.55. The Bertz CT molecular complexity index is 564. The molecule has 6 heteroatoms. The zero-order chi connectivity index (χ0) is 14.8. The van der Waals surface area contributed by atoms with Gasteiger partial charge in [0.1, 0.15) is 10.6 Å². The van der Waals surface area contributed by atoms with Gasteiger partial charge in [0.15, 0.2) is 9.84 Å². The average molecular weight is 298 g/mol. The summed E-state index contributed by atoms with van der Waals surface area (Å²) in [6.07, 6.45) is 2.27. The molecule has 5 nitrogen and oxygen atoms in total. The lowest BCUT2D eigenvalue weighted by atomic mass is 10.2. The van der Waals surface area contributed by atoms with Crippen molar-refractivity contribution in [2.24, 2.45) is 0 Å². The fourth-order valence-corrected chi connectivity index (χ4v) is 3.33. The van der Waals surface area contributed by atoms with E-state index in [1.54, 1.807) is 12.1 Å². The monoisotopic (exact) mass is 298 g/mol. The molecule has 0 unspecified atom stereocenters. The second-order valence-electron chi connectivity index (χ2n) is 5.25. The number of piperazine rings is 1. The third kappa shape index (κ3) is 3.43. The van der Waals surface area contributed by atoms with Crippen molar-refractivity contribution in [1.82, 2.24) is 4.90 Å². The predicted molar refractivity (Wildman–Crippen MR) is 80.2 cm³/mol. The van der Waals surface area contributed by atoms with Crippen molar-refractivity contribution in [3.8, 4) is 5.75 Å². The Hall–Kier alpha value is -1.27. The summed E-state index contributed by atoms with van der Waals surface area (Å²) < 4.78 is 23.3. The van der Waals surface area contributed by atoms with E-state index in [0.29, 0.717) is 0 Å².